The molecule has 3 nitrogen and oxygen atoms in total. The van der Waals surface area contributed by atoms with Crippen LogP contribution in [0.15, 0.2) is 12.3 Å². The fraction of sp³-hybridized carbons (Fsp3) is 0.643. The van der Waals surface area contributed by atoms with Crippen LogP contribution in [-0.4, -0.2) is 23.2 Å². The standard InChI is InChI=1S/C14H20Cl2N2O/c1-3-14(4-2)8-11(5-6-19-14)18-13-12(16)7-10(15)9-17-13/h7,9,11H,3-6,8H2,1-2H3,(H,17,18). The molecule has 0 aromatic carbocycles. The molecule has 1 N–H and O–H groups in total. The smallest absolute Gasteiger partial charge is 0.145 e. The first-order chi connectivity index (χ1) is 9.08. The van der Waals surface area contributed by atoms with E-state index in [1.165, 1.54) is 0 Å². The topological polar surface area (TPSA) is 34.2 Å². The Morgan fingerprint density at radius 1 is 1.42 bits per heavy atom. The van der Waals surface area contributed by atoms with Crippen molar-refractivity contribution in [3.05, 3.63) is 22.3 Å². The van der Waals surface area contributed by atoms with Gasteiger partial charge in [-0.25, -0.2) is 4.98 Å². The minimum Gasteiger partial charge on any atom is -0.375 e. The Morgan fingerprint density at radius 3 is 2.79 bits per heavy atom. The normalized spacial score (nSPS) is 22.2. The number of rotatable bonds is 4. The summed E-state index contributed by atoms with van der Waals surface area (Å²) in [6, 6.07) is 2.06. The lowest BCUT2D eigenvalue weighted by Crippen LogP contribution is -2.43. The van der Waals surface area contributed by atoms with Gasteiger partial charge in [-0.05, 0) is 31.7 Å². The van der Waals surface area contributed by atoms with Gasteiger partial charge in [0.1, 0.15) is 5.82 Å². The van der Waals surface area contributed by atoms with E-state index >= 15 is 0 Å². The molecule has 19 heavy (non-hydrogen) atoms. The molecule has 0 spiro atoms. The maximum atomic E-state index is 6.15. The first-order valence-electron chi connectivity index (χ1n) is 6.80. The van der Waals surface area contributed by atoms with Crippen LogP contribution in [0, 0.1) is 0 Å². The van der Waals surface area contributed by atoms with Gasteiger partial charge in [-0.2, -0.15) is 0 Å². The van der Waals surface area contributed by atoms with Crippen LogP contribution in [0.1, 0.15) is 39.5 Å². The molecular weight excluding hydrogens is 283 g/mol. The van der Waals surface area contributed by atoms with E-state index in [2.05, 4.69) is 24.1 Å². The quantitative estimate of drug-likeness (QED) is 0.887. The van der Waals surface area contributed by atoms with Crippen LogP contribution >= 0.6 is 23.2 Å². The van der Waals surface area contributed by atoms with Crippen LogP contribution in [0.3, 0.4) is 0 Å². The highest BCUT2D eigenvalue weighted by atomic mass is 35.5. The molecular formula is C14H20Cl2N2O. The van der Waals surface area contributed by atoms with Crippen molar-refractivity contribution in [2.24, 2.45) is 0 Å². The SMILES string of the molecule is CCC1(CC)CC(Nc2ncc(Cl)cc2Cl)CCO1. The molecule has 1 unspecified atom stereocenters. The van der Waals surface area contributed by atoms with Crippen molar-refractivity contribution in [2.75, 3.05) is 11.9 Å². The summed E-state index contributed by atoms with van der Waals surface area (Å²) in [5.74, 6) is 0.707. The molecule has 106 valence electrons. The summed E-state index contributed by atoms with van der Waals surface area (Å²) in [6.07, 6.45) is 5.64. The second-order valence-corrected chi connectivity index (χ2v) is 5.90. The van der Waals surface area contributed by atoms with Gasteiger partial charge in [0.05, 0.1) is 15.6 Å². The van der Waals surface area contributed by atoms with Crippen LogP contribution < -0.4 is 5.32 Å². The number of anilines is 1. The van der Waals surface area contributed by atoms with Crippen molar-refractivity contribution in [3.63, 3.8) is 0 Å². The summed E-state index contributed by atoms with van der Waals surface area (Å²) >= 11 is 12.0. The molecule has 0 amide bonds. The number of ether oxygens (including phenoxy) is 1. The lowest BCUT2D eigenvalue weighted by molar-refractivity contribution is -0.0864. The molecule has 1 aromatic heterocycles. The van der Waals surface area contributed by atoms with Gasteiger partial charge in [0.15, 0.2) is 0 Å². The third-order valence-corrected chi connectivity index (χ3v) is 4.43. The van der Waals surface area contributed by atoms with E-state index in [-0.39, 0.29) is 5.60 Å². The Hall–Kier alpha value is -0.510. The minimum absolute atomic E-state index is 0.00514. The second-order valence-electron chi connectivity index (χ2n) is 5.06. The minimum atomic E-state index is -0.00514. The number of nitrogens with zero attached hydrogens (tertiary/aromatic N) is 1. The molecule has 1 aliphatic rings. The van der Waals surface area contributed by atoms with E-state index in [4.69, 9.17) is 27.9 Å². The third kappa shape index (κ3) is 3.53. The van der Waals surface area contributed by atoms with Crippen molar-refractivity contribution >= 4 is 29.0 Å². The molecule has 1 aliphatic heterocycles. The maximum absolute atomic E-state index is 6.15. The number of pyridine rings is 1. The fourth-order valence-corrected chi connectivity index (χ4v) is 3.04. The molecule has 2 heterocycles. The molecule has 0 bridgehead atoms. The Bertz CT molecular complexity index is 435. The van der Waals surface area contributed by atoms with Crippen molar-refractivity contribution in [1.29, 1.82) is 0 Å². The van der Waals surface area contributed by atoms with E-state index in [9.17, 15) is 0 Å². The molecule has 0 saturated carbocycles. The van der Waals surface area contributed by atoms with E-state index in [1.54, 1.807) is 12.3 Å². The molecule has 2 rings (SSSR count). The van der Waals surface area contributed by atoms with E-state index < -0.39 is 0 Å². The van der Waals surface area contributed by atoms with Gasteiger partial charge < -0.3 is 10.1 Å². The van der Waals surface area contributed by atoms with Gasteiger partial charge in [-0.15, -0.1) is 0 Å². The summed E-state index contributed by atoms with van der Waals surface area (Å²) in [4.78, 5) is 4.26. The Kier molecular flexibility index (Phi) is 4.93. The number of hydrogen-bond donors (Lipinski definition) is 1. The number of aromatic nitrogens is 1. The zero-order valence-electron chi connectivity index (χ0n) is 11.4. The first kappa shape index (κ1) is 14.9. The van der Waals surface area contributed by atoms with Crippen LogP contribution in [0.4, 0.5) is 5.82 Å². The van der Waals surface area contributed by atoms with E-state index in [0.29, 0.717) is 21.9 Å². The van der Waals surface area contributed by atoms with E-state index in [1.807, 2.05) is 0 Å². The van der Waals surface area contributed by atoms with Gasteiger partial charge in [0, 0.05) is 18.8 Å². The Balaban J connectivity index is 2.06. The van der Waals surface area contributed by atoms with Gasteiger partial charge >= 0.3 is 0 Å². The summed E-state index contributed by atoms with van der Waals surface area (Å²) in [7, 11) is 0. The van der Waals surface area contributed by atoms with Crippen LogP contribution in [0.2, 0.25) is 10.0 Å². The first-order valence-corrected chi connectivity index (χ1v) is 7.55. The second kappa shape index (κ2) is 6.29. The predicted octanol–water partition coefficient (Wildman–Crippen LogP) is 4.54. The molecule has 1 atom stereocenters. The summed E-state index contributed by atoms with van der Waals surface area (Å²) in [5, 5.41) is 4.54. The summed E-state index contributed by atoms with van der Waals surface area (Å²) < 4.78 is 5.97. The molecule has 1 saturated heterocycles. The van der Waals surface area contributed by atoms with Gasteiger partial charge in [-0.3, -0.25) is 0 Å². The highest BCUT2D eigenvalue weighted by molar-refractivity contribution is 6.35. The molecule has 1 fully saturated rings. The van der Waals surface area contributed by atoms with E-state index in [0.717, 1.165) is 32.3 Å². The zero-order chi connectivity index (χ0) is 13.9. The highest BCUT2D eigenvalue weighted by Crippen LogP contribution is 2.33. The highest BCUT2D eigenvalue weighted by Gasteiger charge is 2.34. The zero-order valence-corrected chi connectivity index (χ0v) is 12.9. The van der Waals surface area contributed by atoms with Gasteiger partial charge in [0.25, 0.3) is 0 Å². The van der Waals surface area contributed by atoms with Crippen molar-refractivity contribution < 1.29 is 4.74 Å². The van der Waals surface area contributed by atoms with Crippen LogP contribution in [0.5, 0.6) is 0 Å². The Labute approximate surface area is 124 Å². The van der Waals surface area contributed by atoms with Gasteiger partial charge in [0.2, 0.25) is 0 Å². The predicted molar refractivity (Wildman–Crippen MR) is 80.2 cm³/mol. The fourth-order valence-electron chi connectivity index (χ4n) is 2.61. The largest absolute Gasteiger partial charge is 0.375 e. The average Bonchev–Trinajstić information content (AvgIpc) is 2.42. The van der Waals surface area contributed by atoms with Gasteiger partial charge in [-0.1, -0.05) is 37.0 Å². The summed E-state index contributed by atoms with van der Waals surface area (Å²) in [5.41, 5.74) is -0.00514. The van der Waals surface area contributed by atoms with Crippen molar-refractivity contribution in [1.82, 2.24) is 4.98 Å². The summed E-state index contributed by atoms with van der Waals surface area (Å²) in [6.45, 7) is 5.14. The van der Waals surface area contributed by atoms with Crippen LogP contribution in [0.25, 0.3) is 0 Å². The Morgan fingerprint density at radius 2 is 2.16 bits per heavy atom. The number of hydrogen-bond acceptors (Lipinski definition) is 3. The molecule has 0 radical (unpaired) electrons. The monoisotopic (exact) mass is 302 g/mol. The third-order valence-electron chi connectivity index (χ3n) is 3.93. The van der Waals surface area contributed by atoms with Crippen molar-refractivity contribution in [2.45, 2.75) is 51.2 Å². The van der Waals surface area contributed by atoms with Crippen molar-refractivity contribution in [3.8, 4) is 0 Å². The maximum Gasteiger partial charge on any atom is 0.145 e. The number of halogens is 2. The molecule has 0 aliphatic carbocycles. The lowest BCUT2D eigenvalue weighted by atomic mass is 9.86. The van der Waals surface area contributed by atoms with Crippen LogP contribution in [-0.2, 0) is 4.74 Å². The molecule has 1 aromatic rings. The molecule has 5 heteroatoms. The number of nitrogens with one attached hydrogen (secondary N) is 1. The average molecular weight is 303 g/mol. The lowest BCUT2D eigenvalue weighted by Gasteiger charge is -2.40.